The average Bonchev–Trinajstić information content (AvgIpc) is 3.07. The van der Waals surface area contributed by atoms with E-state index in [0.29, 0.717) is 28.0 Å². The molecule has 0 bridgehead atoms. The van der Waals surface area contributed by atoms with Gasteiger partial charge in [-0.1, -0.05) is 54.1 Å². The van der Waals surface area contributed by atoms with E-state index in [1.54, 1.807) is 25.3 Å². The molecule has 7 heteroatoms. The van der Waals surface area contributed by atoms with Crippen LogP contribution in [0.4, 0.5) is 4.79 Å². The first kappa shape index (κ1) is 23.0. The molecule has 4 rings (SSSR count). The number of methoxy groups -OCH3 is 1. The second-order valence-electron chi connectivity index (χ2n) is 7.52. The van der Waals surface area contributed by atoms with Crippen LogP contribution < -0.4 is 9.47 Å². The number of thioether (sulfide) groups is 1. The Morgan fingerprint density at radius 3 is 2.48 bits per heavy atom. The summed E-state index contributed by atoms with van der Waals surface area (Å²) in [6.45, 7) is 2.59. The lowest BCUT2D eigenvalue weighted by atomic mass is 10.1. The molecule has 0 aliphatic carbocycles. The highest BCUT2D eigenvalue weighted by Crippen LogP contribution is 2.35. The van der Waals surface area contributed by atoms with Gasteiger partial charge in [-0.2, -0.15) is 0 Å². The normalized spacial score (nSPS) is 14.8. The number of ether oxygens (including phenoxy) is 2. The maximum atomic E-state index is 12.9. The van der Waals surface area contributed by atoms with Gasteiger partial charge in [0.25, 0.3) is 11.1 Å². The average molecular weight is 480 g/mol. The molecule has 0 N–H and O–H groups in total. The Labute approximate surface area is 202 Å². The highest BCUT2D eigenvalue weighted by molar-refractivity contribution is 8.18. The molecule has 0 atom stereocenters. The zero-order chi connectivity index (χ0) is 23.4. The summed E-state index contributed by atoms with van der Waals surface area (Å²) < 4.78 is 11.4. The lowest BCUT2D eigenvalue weighted by Crippen LogP contribution is -2.27. The fraction of sp³-hybridized carbons (Fsp3) is 0.154. The number of hydrogen-bond acceptors (Lipinski definition) is 5. The van der Waals surface area contributed by atoms with E-state index in [-0.39, 0.29) is 17.7 Å². The molecule has 0 saturated carbocycles. The van der Waals surface area contributed by atoms with Crippen molar-refractivity contribution in [2.75, 3.05) is 7.11 Å². The minimum Gasteiger partial charge on any atom is -0.493 e. The Morgan fingerprint density at radius 1 is 1.00 bits per heavy atom. The fourth-order valence-corrected chi connectivity index (χ4v) is 4.34. The molecule has 0 radical (unpaired) electrons. The number of hydrogen-bond donors (Lipinski definition) is 0. The van der Waals surface area contributed by atoms with Gasteiger partial charge in [0, 0.05) is 5.02 Å². The molecule has 0 aromatic heterocycles. The summed E-state index contributed by atoms with van der Waals surface area (Å²) in [5.74, 6) is 0.824. The minimum atomic E-state index is -0.296. The van der Waals surface area contributed by atoms with Crippen LogP contribution in [0, 0.1) is 6.92 Å². The third-order valence-corrected chi connectivity index (χ3v) is 6.42. The fourth-order valence-electron chi connectivity index (χ4n) is 3.38. The molecule has 3 aromatic rings. The molecule has 3 aromatic carbocycles. The SMILES string of the molecule is COc1cc(/C=C2\SC(=O)N(Cc3ccccc3C)C2=O)ccc1OCc1ccc(Cl)cc1. The van der Waals surface area contributed by atoms with E-state index in [0.717, 1.165) is 34.0 Å². The van der Waals surface area contributed by atoms with E-state index >= 15 is 0 Å². The lowest BCUT2D eigenvalue weighted by molar-refractivity contribution is -0.123. The van der Waals surface area contributed by atoms with E-state index in [1.165, 1.54) is 4.90 Å². The van der Waals surface area contributed by atoms with Crippen molar-refractivity contribution in [3.05, 3.63) is 98.9 Å². The molecule has 1 aliphatic heterocycles. The topological polar surface area (TPSA) is 55.8 Å². The van der Waals surface area contributed by atoms with Crippen LogP contribution in [-0.2, 0) is 17.9 Å². The molecular weight excluding hydrogens is 458 g/mol. The van der Waals surface area contributed by atoms with E-state index in [1.807, 2.05) is 61.5 Å². The number of halogens is 1. The highest BCUT2D eigenvalue weighted by atomic mass is 35.5. The Bertz CT molecular complexity index is 1220. The lowest BCUT2D eigenvalue weighted by Gasteiger charge is -2.14. The van der Waals surface area contributed by atoms with Crippen LogP contribution in [0.15, 0.2) is 71.6 Å². The van der Waals surface area contributed by atoms with E-state index in [4.69, 9.17) is 21.1 Å². The summed E-state index contributed by atoms with van der Waals surface area (Å²) in [6.07, 6.45) is 1.70. The van der Waals surface area contributed by atoms with Crippen LogP contribution >= 0.6 is 23.4 Å². The summed E-state index contributed by atoms with van der Waals surface area (Å²) in [6, 6.07) is 20.6. The second-order valence-corrected chi connectivity index (χ2v) is 8.95. The first-order chi connectivity index (χ1) is 15.9. The molecule has 2 amide bonds. The zero-order valence-corrected chi connectivity index (χ0v) is 19.8. The number of benzene rings is 3. The van der Waals surface area contributed by atoms with Gasteiger partial charge in [-0.3, -0.25) is 14.5 Å². The van der Waals surface area contributed by atoms with Gasteiger partial charge in [0.1, 0.15) is 6.61 Å². The van der Waals surface area contributed by atoms with E-state index < -0.39 is 0 Å². The summed E-state index contributed by atoms with van der Waals surface area (Å²) >= 11 is 6.87. The zero-order valence-electron chi connectivity index (χ0n) is 18.2. The molecule has 0 spiro atoms. The van der Waals surface area contributed by atoms with Crippen LogP contribution in [-0.4, -0.2) is 23.2 Å². The number of carbonyl (C=O) groups excluding carboxylic acids is 2. The van der Waals surface area contributed by atoms with Crippen LogP contribution in [0.2, 0.25) is 5.02 Å². The van der Waals surface area contributed by atoms with E-state index in [2.05, 4.69) is 0 Å². The van der Waals surface area contributed by atoms with Crippen molar-refractivity contribution in [2.24, 2.45) is 0 Å². The highest BCUT2D eigenvalue weighted by Gasteiger charge is 2.35. The van der Waals surface area contributed by atoms with Gasteiger partial charge in [0.05, 0.1) is 18.6 Å². The van der Waals surface area contributed by atoms with Crippen molar-refractivity contribution in [1.29, 1.82) is 0 Å². The maximum absolute atomic E-state index is 12.9. The van der Waals surface area contributed by atoms with Crippen LogP contribution in [0.1, 0.15) is 22.3 Å². The number of carbonyl (C=O) groups is 2. The van der Waals surface area contributed by atoms with Gasteiger partial charge in [0.15, 0.2) is 11.5 Å². The van der Waals surface area contributed by atoms with Gasteiger partial charge in [-0.15, -0.1) is 0 Å². The third-order valence-electron chi connectivity index (χ3n) is 5.26. The van der Waals surface area contributed by atoms with Crippen LogP contribution in [0.25, 0.3) is 6.08 Å². The first-order valence-corrected chi connectivity index (χ1v) is 11.5. The van der Waals surface area contributed by atoms with Gasteiger partial charge in [-0.25, -0.2) is 0 Å². The largest absolute Gasteiger partial charge is 0.493 e. The summed E-state index contributed by atoms with van der Waals surface area (Å²) in [7, 11) is 1.56. The smallest absolute Gasteiger partial charge is 0.293 e. The van der Waals surface area contributed by atoms with Gasteiger partial charge in [0.2, 0.25) is 0 Å². The number of amides is 2. The molecule has 1 aliphatic rings. The van der Waals surface area contributed by atoms with Crippen molar-refractivity contribution in [2.45, 2.75) is 20.1 Å². The van der Waals surface area contributed by atoms with Gasteiger partial charge in [-0.05, 0) is 71.3 Å². The van der Waals surface area contributed by atoms with Crippen molar-refractivity contribution in [3.63, 3.8) is 0 Å². The number of rotatable bonds is 7. The van der Waals surface area contributed by atoms with Crippen molar-refractivity contribution in [3.8, 4) is 11.5 Å². The number of aryl methyl sites for hydroxylation is 1. The van der Waals surface area contributed by atoms with Crippen molar-refractivity contribution in [1.82, 2.24) is 4.90 Å². The minimum absolute atomic E-state index is 0.259. The summed E-state index contributed by atoms with van der Waals surface area (Å²) in [5, 5.41) is 0.397. The maximum Gasteiger partial charge on any atom is 0.293 e. The third kappa shape index (κ3) is 5.41. The molecule has 33 heavy (non-hydrogen) atoms. The predicted octanol–water partition coefficient (Wildman–Crippen LogP) is 6.47. The Balaban J connectivity index is 1.49. The molecule has 1 heterocycles. The van der Waals surface area contributed by atoms with Gasteiger partial charge >= 0.3 is 0 Å². The molecular formula is C26H22ClNO4S. The summed E-state index contributed by atoms with van der Waals surface area (Å²) in [4.78, 5) is 27.0. The quantitative estimate of drug-likeness (QED) is 0.363. The second kappa shape index (κ2) is 10.1. The monoisotopic (exact) mass is 479 g/mol. The molecule has 168 valence electrons. The standard InChI is InChI=1S/C26H22ClNO4S/c1-17-5-3-4-6-20(17)15-28-25(29)24(33-26(28)30)14-19-9-12-22(23(13-19)31-2)32-16-18-7-10-21(27)11-8-18/h3-14H,15-16H2,1-2H3/b24-14-. The predicted molar refractivity (Wildman–Crippen MR) is 131 cm³/mol. The molecule has 1 saturated heterocycles. The van der Waals surface area contributed by atoms with Crippen LogP contribution in [0.3, 0.4) is 0 Å². The molecule has 5 nitrogen and oxygen atoms in total. The van der Waals surface area contributed by atoms with Crippen molar-refractivity contribution >= 4 is 40.6 Å². The van der Waals surface area contributed by atoms with Gasteiger partial charge < -0.3 is 9.47 Å². The Kier molecular flexibility index (Phi) is 7.06. The Morgan fingerprint density at radius 2 is 1.76 bits per heavy atom. The Hall–Kier alpha value is -3.22. The number of imide groups is 1. The van der Waals surface area contributed by atoms with E-state index in [9.17, 15) is 9.59 Å². The first-order valence-electron chi connectivity index (χ1n) is 10.3. The summed E-state index contributed by atoms with van der Waals surface area (Å²) in [5.41, 5.74) is 3.71. The number of nitrogens with zero attached hydrogens (tertiary/aromatic N) is 1. The molecule has 1 fully saturated rings. The van der Waals surface area contributed by atoms with Crippen LogP contribution in [0.5, 0.6) is 11.5 Å². The molecule has 0 unspecified atom stereocenters. The van der Waals surface area contributed by atoms with Crippen molar-refractivity contribution < 1.29 is 19.1 Å².